The van der Waals surface area contributed by atoms with Gasteiger partial charge in [0.1, 0.15) is 6.04 Å². The lowest BCUT2D eigenvalue weighted by Gasteiger charge is -2.22. The topological polar surface area (TPSA) is 122 Å². The van der Waals surface area contributed by atoms with Crippen LogP contribution in [0.15, 0.2) is 35.2 Å². The van der Waals surface area contributed by atoms with E-state index < -0.39 is 27.9 Å². The van der Waals surface area contributed by atoms with E-state index in [1.807, 2.05) is 0 Å². The molecule has 0 saturated carbocycles. The zero-order valence-electron chi connectivity index (χ0n) is 17.4. The lowest BCUT2D eigenvalue weighted by Crippen LogP contribution is -2.48. The van der Waals surface area contributed by atoms with E-state index in [0.717, 1.165) is 18.4 Å². The summed E-state index contributed by atoms with van der Waals surface area (Å²) in [6, 6.07) is 6.33. The Morgan fingerprint density at radius 3 is 2.62 bits per heavy atom. The number of carbonyl (C=O) groups excluding carboxylic acids is 3. The number of carbonyl (C=O) groups is 3. The van der Waals surface area contributed by atoms with Crippen molar-refractivity contribution in [3.8, 4) is 0 Å². The van der Waals surface area contributed by atoms with Gasteiger partial charge in [0.05, 0.1) is 21.2 Å². The molecule has 172 valence electrons. The quantitative estimate of drug-likeness (QED) is 0.536. The van der Waals surface area contributed by atoms with Crippen LogP contribution in [-0.2, 0) is 24.3 Å². The van der Waals surface area contributed by atoms with Crippen molar-refractivity contribution in [2.24, 2.45) is 0 Å². The summed E-state index contributed by atoms with van der Waals surface area (Å²) in [6.07, 6.45) is 1.11. The van der Waals surface area contributed by atoms with Gasteiger partial charge in [-0.1, -0.05) is 17.7 Å². The van der Waals surface area contributed by atoms with Crippen LogP contribution in [0.1, 0.15) is 28.1 Å². The Balaban J connectivity index is 1.80. The number of anilines is 1. The summed E-state index contributed by atoms with van der Waals surface area (Å²) in [4.78, 5) is 38.4. The maximum atomic E-state index is 13.1. The van der Waals surface area contributed by atoms with Crippen LogP contribution in [0.2, 0.25) is 4.34 Å². The summed E-state index contributed by atoms with van der Waals surface area (Å²) in [5.74, 6) is -1.43. The fraction of sp³-hybridized carbons (Fsp3) is 0.350. The molecule has 32 heavy (non-hydrogen) atoms. The summed E-state index contributed by atoms with van der Waals surface area (Å²) in [5, 5.41) is 2.51. The number of benzene rings is 1. The monoisotopic (exact) mass is 499 g/mol. The molecule has 1 atom stereocenters. The summed E-state index contributed by atoms with van der Waals surface area (Å²) in [6.45, 7) is 1.79. The Morgan fingerprint density at radius 1 is 1.28 bits per heavy atom. The smallest absolute Gasteiger partial charge is 0.325 e. The highest BCUT2D eigenvalue weighted by molar-refractivity contribution is 7.89. The molecule has 0 unspecified atom stereocenters. The van der Waals surface area contributed by atoms with Crippen LogP contribution in [-0.4, -0.2) is 52.4 Å². The maximum absolute atomic E-state index is 13.1. The molecule has 9 nitrogen and oxygen atoms in total. The number of sulfonamides is 1. The summed E-state index contributed by atoms with van der Waals surface area (Å²) in [7, 11) is -3.06. The molecule has 1 aliphatic rings. The van der Waals surface area contributed by atoms with Crippen LogP contribution in [0.3, 0.4) is 0 Å². The van der Waals surface area contributed by atoms with Gasteiger partial charge < -0.3 is 15.0 Å². The minimum Gasteiger partial charge on any atom is -0.468 e. The van der Waals surface area contributed by atoms with Crippen molar-refractivity contribution in [1.82, 2.24) is 10.0 Å². The van der Waals surface area contributed by atoms with E-state index in [1.165, 1.54) is 18.2 Å². The third kappa shape index (κ3) is 5.29. The predicted octanol–water partition coefficient (Wildman–Crippen LogP) is 2.09. The number of rotatable bonds is 8. The van der Waals surface area contributed by atoms with E-state index in [2.05, 4.69) is 10.0 Å². The molecule has 0 spiro atoms. The normalized spacial score (nSPS) is 15.0. The highest BCUT2D eigenvalue weighted by Gasteiger charge is 2.30. The molecule has 2 aromatic rings. The standard InChI is InChI=1S/C20H22ClN3O6S2/c1-12-14(24-10-4-7-18(24)25)5-3-6-16(12)32(28,29)23-13(20(27)30-2)11-22-19(26)15-8-9-17(21)31-15/h3,5-6,8-9,13,23H,4,7,10-11H2,1-2H3,(H,22,26)/t13-/m0/s1. The molecular weight excluding hydrogens is 478 g/mol. The maximum Gasteiger partial charge on any atom is 0.325 e. The first kappa shape index (κ1) is 24.2. The average molecular weight is 500 g/mol. The molecule has 1 saturated heterocycles. The number of nitrogens with zero attached hydrogens (tertiary/aromatic N) is 1. The molecule has 1 aromatic carbocycles. The molecule has 2 amide bonds. The summed E-state index contributed by atoms with van der Waals surface area (Å²) >= 11 is 6.88. The van der Waals surface area contributed by atoms with E-state index in [0.29, 0.717) is 39.9 Å². The lowest BCUT2D eigenvalue weighted by atomic mass is 10.2. The van der Waals surface area contributed by atoms with Crippen molar-refractivity contribution in [3.05, 3.63) is 45.1 Å². The Bertz CT molecular complexity index is 1150. The van der Waals surface area contributed by atoms with Crippen LogP contribution in [0, 0.1) is 6.92 Å². The van der Waals surface area contributed by atoms with Gasteiger partial charge in [-0.15, -0.1) is 11.3 Å². The molecule has 12 heteroatoms. The van der Waals surface area contributed by atoms with Crippen LogP contribution >= 0.6 is 22.9 Å². The number of methoxy groups -OCH3 is 1. The Morgan fingerprint density at radius 2 is 2.03 bits per heavy atom. The third-order valence-corrected chi connectivity index (χ3v) is 7.80. The van der Waals surface area contributed by atoms with Gasteiger partial charge in [0, 0.05) is 25.2 Å². The summed E-state index contributed by atoms with van der Waals surface area (Å²) < 4.78 is 33.6. The van der Waals surface area contributed by atoms with Crippen LogP contribution in [0.4, 0.5) is 5.69 Å². The Labute approximate surface area is 194 Å². The molecular formula is C20H22ClN3O6S2. The van der Waals surface area contributed by atoms with Gasteiger partial charge in [-0.2, -0.15) is 4.72 Å². The second-order valence-corrected chi connectivity index (χ2v) is 10.5. The fourth-order valence-electron chi connectivity index (χ4n) is 3.37. The predicted molar refractivity (Wildman–Crippen MR) is 121 cm³/mol. The zero-order valence-corrected chi connectivity index (χ0v) is 19.8. The summed E-state index contributed by atoms with van der Waals surface area (Å²) in [5.41, 5.74) is 0.893. The molecule has 0 aliphatic carbocycles. The van der Waals surface area contributed by atoms with Gasteiger partial charge in [-0.05, 0) is 43.2 Å². The van der Waals surface area contributed by atoms with Crippen molar-refractivity contribution in [2.75, 3.05) is 25.1 Å². The molecule has 1 fully saturated rings. The molecule has 1 aliphatic heterocycles. The fourth-order valence-corrected chi connectivity index (χ4v) is 5.78. The molecule has 3 rings (SSSR count). The SMILES string of the molecule is COC(=O)[C@H](CNC(=O)c1ccc(Cl)s1)NS(=O)(=O)c1cccc(N2CCCC2=O)c1C. The van der Waals surface area contributed by atoms with Crippen LogP contribution < -0.4 is 14.9 Å². The van der Waals surface area contributed by atoms with E-state index in [9.17, 15) is 22.8 Å². The van der Waals surface area contributed by atoms with Gasteiger partial charge >= 0.3 is 5.97 Å². The van der Waals surface area contributed by atoms with Crippen molar-refractivity contribution < 1.29 is 27.5 Å². The van der Waals surface area contributed by atoms with E-state index in [1.54, 1.807) is 24.0 Å². The Kier molecular flexibility index (Phi) is 7.55. The van der Waals surface area contributed by atoms with Gasteiger partial charge in [0.15, 0.2) is 0 Å². The van der Waals surface area contributed by atoms with Crippen molar-refractivity contribution in [1.29, 1.82) is 0 Å². The lowest BCUT2D eigenvalue weighted by molar-refractivity contribution is -0.142. The number of ether oxygens (including phenoxy) is 1. The number of halogens is 1. The van der Waals surface area contributed by atoms with Gasteiger partial charge in [0.25, 0.3) is 5.91 Å². The molecule has 1 aromatic heterocycles. The second-order valence-electron chi connectivity index (χ2n) is 7.06. The number of nitrogens with one attached hydrogen (secondary N) is 2. The van der Waals surface area contributed by atoms with Crippen molar-refractivity contribution in [3.63, 3.8) is 0 Å². The molecule has 0 bridgehead atoms. The van der Waals surface area contributed by atoms with Crippen LogP contribution in [0.25, 0.3) is 0 Å². The average Bonchev–Trinajstić information content (AvgIpc) is 3.38. The second kappa shape index (κ2) is 9.99. The van der Waals surface area contributed by atoms with Gasteiger partial charge in [0.2, 0.25) is 15.9 Å². The van der Waals surface area contributed by atoms with Gasteiger partial charge in [-0.25, -0.2) is 8.42 Å². The third-order valence-electron chi connectivity index (χ3n) is 4.96. The molecule has 2 heterocycles. The van der Waals surface area contributed by atoms with Crippen molar-refractivity contribution in [2.45, 2.75) is 30.7 Å². The first-order valence-corrected chi connectivity index (χ1v) is 12.4. The van der Waals surface area contributed by atoms with E-state index in [-0.39, 0.29) is 17.3 Å². The first-order chi connectivity index (χ1) is 15.1. The number of hydrogen-bond acceptors (Lipinski definition) is 7. The number of thiophene rings is 1. The first-order valence-electron chi connectivity index (χ1n) is 9.67. The number of hydrogen-bond donors (Lipinski definition) is 2. The van der Waals surface area contributed by atoms with Crippen molar-refractivity contribution >= 4 is 56.4 Å². The molecule has 2 N–H and O–H groups in total. The van der Waals surface area contributed by atoms with E-state index in [4.69, 9.17) is 16.3 Å². The minimum absolute atomic E-state index is 0.0695. The molecule has 0 radical (unpaired) electrons. The minimum atomic E-state index is -4.18. The van der Waals surface area contributed by atoms with Crippen LogP contribution in [0.5, 0.6) is 0 Å². The number of esters is 1. The highest BCUT2D eigenvalue weighted by Crippen LogP contribution is 2.29. The Hall–Kier alpha value is -2.47. The highest BCUT2D eigenvalue weighted by atomic mass is 35.5. The van der Waals surface area contributed by atoms with E-state index >= 15 is 0 Å². The van der Waals surface area contributed by atoms with Gasteiger partial charge in [-0.3, -0.25) is 14.4 Å². The largest absolute Gasteiger partial charge is 0.468 e. The number of amides is 2. The zero-order chi connectivity index (χ0) is 23.5.